The SMILES string of the molecule is CCCCCCCCCCCCCCCCC/C=C/CC/C=C/C(O)C(COC1OC(CO)C(OC2OC(CO)C(O)C(O)C2O)C(O)C1O)NC(=O)CCCCCCCCCCCCCCCCCCCCCCCCCCCCCCCCCCCCCC. The van der Waals surface area contributed by atoms with Crippen molar-refractivity contribution in [3.05, 3.63) is 24.3 Å². The zero-order chi connectivity index (χ0) is 65.9. The molecule has 0 aromatic carbocycles. The summed E-state index contributed by atoms with van der Waals surface area (Å²) in [5.41, 5.74) is 0. The van der Waals surface area contributed by atoms with Crippen molar-refractivity contribution in [1.29, 1.82) is 0 Å². The summed E-state index contributed by atoms with van der Waals surface area (Å²) in [7, 11) is 0. The molecule has 9 N–H and O–H groups in total. The molecular weight excluding hydrogens is 1150 g/mol. The average molecular weight is 1300 g/mol. The smallest absolute Gasteiger partial charge is 0.220 e. The molecule has 12 unspecified atom stereocenters. The summed E-state index contributed by atoms with van der Waals surface area (Å²) in [5, 5.41) is 87.5. The van der Waals surface area contributed by atoms with E-state index >= 15 is 0 Å². The van der Waals surface area contributed by atoms with Crippen molar-refractivity contribution >= 4 is 5.91 Å². The monoisotopic (exact) mass is 1290 g/mol. The van der Waals surface area contributed by atoms with Crippen molar-refractivity contribution in [2.75, 3.05) is 19.8 Å². The van der Waals surface area contributed by atoms with E-state index in [1.165, 1.54) is 302 Å². The highest BCUT2D eigenvalue weighted by molar-refractivity contribution is 5.76. The third-order valence-corrected chi connectivity index (χ3v) is 19.4. The Morgan fingerprint density at radius 3 is 1.08 bits per heavy atom. The van der Waals surface area contributed by atoms with Gasteiger partial charge in [-0.05, 0) is 32.1 Å². The van der Waals surface area contributed by atoms with Gasteiger partial charge in [0.1, 0.15) is 48.8 Å². The molecule has 0 bridgehead atoms. The van der Waals surface area contributed by atoms with Gasteiger partial charge in [-0.1, -0.05) is 353 Å². The number of amides is 1. The number of hydrogen-bond donors (Lipinski definition) is 9. The summed E-state index contributed by atoms with van der Waals surface area (Å²) in [6, 6.07) is -0.930. The lowest BCUT2D eigenvalue weighted by Crippen LogP contribution is -2.65. The average Bonchev–Trinajstić information content (AvgIpc) is 1.04. The van der Waals surface area contributed by atoms with E-state index in [0.29, 0.717) is 12.8 Å². The van der Waals surface area contributed by atoms with E-state index in [1.54, 1.807) is 6.08 Å². The third kappa shape index (κ3) is 45.6. The summed E-state index contributed by atoms with van der Waals surface area (Å²) in [6.45, 7) is 2.85. The van der Waals surface area contributed by atoms with Gasteiger partial charge >= 0.3 is 0 Å². The second-order valence-corrected chi connectivity index (χ2v) is 27.8. The molecule has 2 rings (SSSR count). The van der Waals surface area contributed by atoms with Crippen LogP contribution in [0.3, 0.4) is 0 Å². The van der Waals surface area contributed by atoms with Gasteiger partial charge in [-0.3, -0.25) is 4.79 Å². The molecule has 1 amide bonds. The predicted octanol–water partition coefficient (Wildman–Crippen LogP) is 17.1. The summed E-state index contributed by atoms with van der Waals surface area (Å²) < 4.78 is 22.9. The van der Waals surface area contributed by atoms with Crippen molar-refractivity contribution in [2.45, 2.75) is 441 Å². The summed E-state index contributed by atoms with van der Waals surface area (Å²) in [5.74, 6) is -0.240. The quantitative estimate of drug-likeness (QED) is 0.0204. The molecule has 2 aliphatic heterocycles. The maximum Gasteiger partial charge on any atom is 0.220 e. The number of hydrogen-bond acceptors (Lipinski definition) is 13. The van der Waals surface area contributed by atoms with Gasteiger partial charge in [-0.2, -0.15) is 0 Å². The van der Waals surface area contributed by atoms with Crippen molar-refractivity contribution in [3.63, 3.8) is 0 Å². The van der Waals surface area contributed by atoms with Crippen LogP contribution in [0, 0.1) is 0 Å². The lowest BCUT2D eigenvalue weighted by Gasteiger charge is -2.46. The molecule has 2 saturated heterocycles. The Morgan fingerprint density at radius 2 is 0.703 bits per heavy atom. The largest absolute Gasteiger partial charge is 0.394 e. The van der Waals surface area contributed by atoms with Crippen LogP contribution in [0.1, 0.15) is 367 Å². The van der Waals surface area contributed by atoms with E-state index in [0.717, 1.165) is 32.1 Å². The van der Waals surface area contributed by atoms with Crippen LogP contribution < -0.4 is 5.32 Å². The number of aliphatic hydroxyl groups excluding tert-OH is 8. The number of nitrogens with one attached hydrogen (secondary N) is 1. The standard InChI is InChI=1S/C77H147NO13/c1-3-5-7-9-11-13-15-17-19-21-23-25-26-27-28-29-30-31-32-33-34-35-36-37-38-39-41-43-45-47-49-51-53-55-57-59-61-69(82)78-65(66(81)60-58-56-54-52-50-48-46-44-42-40-24-22-20-18-16-14-12-10-8-6-4-2)64-88-76-74(87)72(85)75(68(63-80)90-76)91-77-73(86)71(84)70(83)67(62-79)89-77/h50,52,58,60,65-68,70-77,79-81,83-87H,3-49,51,53-57,59,61-64H2,1-2H3,(H,78,82)/b52-50+,60-58+. The maximum absolute atomic E-state index is 13.4. The molecule has 538 valence electrons. The molecule has 2 heterocycles. The second-order valence-electron chi connectivity index (χ2n) is 27.8. The fourth-order valence-corrected chi connectivity index (χ4v) is 13.2. The van der Waals surface area contributed by atoms with Crippen molar-refractivity contribution < 1.29 is 64.6 Å². The number of allylic oxidation sites excluding steroid dienone is 3. The minimum Gasteiger partial charge on any atom is -0.394 e. The van der Waals surface area contributed by atoms with Gasteiger partial charge in [0.15, 0.2) is 12.6 Å². The Balaban J connectivity index is 1.60. The molecule has 91 heavy (non-hydrogen) atoms. The zero-order valence-electron chi connectivity index (χ0n) is 58.9. The van der Waals surface area contributed by atoms with Gasteiger partial charge in [0.05, 0.1) is 32.0 Å². The molecule has 0 spiro atoms. The lowest BCUT2D eigenvalue weighted by molar-refractivity contribution is -0.359. The molecule has 2 fully saturated rings. The van der Waals surface area contributed by atoms with Crippen LogP contribution >= 0.6 is 0 Å². The molecule has 2 aliphatic rings. The van der Waals surface area contributed by atoms with Crippen LogP contribution in [-0.4, -0.2) is 140 Å². The fraction of sp³-hybridized carbons (Fsp3) is 0.935. The fourth-order valence-electron chi connectivity index (χ4n) is 13.2. The first kappa shape index (κ1) is 85.6. The minimum atomic E-state index is -1.79. The number of carbonyl (C=O) groups excluding carboxylic acids is 1. The van der Waals surface area contributed by atoms with Crippen LogP contribution in [0.4, 0.5) is 0 Å². The zero-order valence-corrected chi connectivity index (χ0v) is 58.9. The van der Waals surface area contributed by atoms with Crippen LogP contribution in [0.5, 0.6) is 0 Å². The highest BCUT2D eigenvalue weighted by Gasteiger charge is 2.51. The highest BCUT2D eigenvalue weighted by Crippen LogP contribution is 2.30. The molecule has 14 nitrogen and oxygen atoms in total. The third-order valence-electron chi connectivity index (χ3n) is 19.4. The van der Waals surface area contributed by atoms with E-state index in [9.17, 15) is 45.6 Å². The van der Waals surface area contributed by atoms with Gasteiger partial charge in [-0.15, -0.1) is 0 Å². The molecule has 0 saturated carbocycles. The van der Waals surface area contributed by atoms with Crippen LogP contribution in [0.2, 0.25) is 0 Å². The van der Waals surface area contributed by atoms with E-state index < -0.39 is 86.8 Å². The lowest BCUT2D eigenvalue weighted by atomic mass is 9.97. The molecular formula is C77H147NO13. The van der Waals surface area contributed by atoms with Gasteiger partial charge in [-0.25, -0.2) is 0 Å². The van der Waals surface area contributed by atoms with E-state index in [1.807, 2.05) is 6.08 Å². The Kier molecular flexibility index (Phi) is 58.3. The highest BCUT2D eigenvalue weighted by atomic mass is 16.7. The molecule has 0 aromatic rings. The Bertz CT molecular complexity index is 1620. The minimum absolute atomic E-state index is 0.240. The molecule has 0 aliphatic carbocycles. The number of ether oxygens (including phenoxy) is 4. The number of unbranched alkanes of at least 4 members (excludes halogenated alkanes) is 51. The second kappa shape index (κ2) is 62.0. The normalized spacial score (nSPS) is 22.8. The van der Waals surface area contributed by atoms with Crippen LogP contribution in [-0.2, 0) is 23.7 Å². The Labute approximate surface area is 558 Å². The van der Waals surface area contributed by atoms with Gasteiger partial charge in [0.2, 0.25) is 5.91 Å². The van der Waals surface area contributed by atoms with Crippen LogP contribution in [0.25, 0.3) is 0 Å². The molecule has 0 aromatic heterocycles. The molecule has 14 heteroatoms. The van der Waals surface area contributed by atoms with Crippen molar-refractivity contribution in [3.8, 4) is 0 Å². The molecule has 0 radical (unpaired) electrons. The van der Waals surface area contributed by atoms with Gasteiger partial charge < -0.3 is 65.1 Å². The van der Waals surface area contributed by atoms with Crippen molar-refractivity contribution in [2.24, 2.45) is 0 Å². The van der Waals surface area contributed by atoms with E-state index in [2.05, 4.69) is 31.3 Å². The van der Waals surface area contributed by atoms with E-state index in [4.69, 9.17) is 18.9 Å². The van der Waals surface area contributed by atoms with E-state index in [-0.39, 0.29) is 18.9 Å². The summed E-state index contributed by atoms with van der Waals surface area (Å²) in [6.07, 6.45) is 62.7. The maximum atomic E-state index is 13.4. The summed E-state index contributed by atoms with van der Waals surface area (Å²) in [4.78, 5) is 13.4. The predicted molar refractivity (Wildman–Crippen MR) is 374 cm³/mol. The van der Waals surface area contributed by atoms with Gasteiger partial charge in [0.25, 0.3) is 0 Å². The first-order valence-corrected chi connectivity index (χ1v) is 39.1. The topological polar surface area (TPSA) is 228 Å². The van der Waals surface area contributed by atoms with Crippen molar-refractivity contribution in [1.82, 2.24) is 5.32 Å². The van der Waals surface area contributed by atoms with Crippen LogP contribution in [0.15, 0.2) is 24.3 Å². The number of carbonyl (C=O) groups is 1. The summed E-state index contributed by atoms with van der Waals surface area (Å²) >= 11 is 0. The Hall–Kier alpha value is -1.53. The van der Waals surface area contributed by atoms with Gasteiger partial charge in [0, 0.05) is 6.42 Å². The Morgan fingerprint density at radius 1 is 0.385 bits per heavy atom. The number of rotatable bonds is 66. The first-order valence-electron chi connectivity index (χ1n) is 39.1. The first-order chi connectivity index (χ1) is 44.6. The molecule has 12 atom stereocenters. The number of aliphatic hydroxyl groups is 8.